The van der Waals surface area contributed by atoms with Crippen LogP contribution in [0.25, 0.3) is 0 Å². The van der Waals surface area contributed by atoms with Gasteiger partial charge >= 0.3 is 0 Å². The molecule has 76 valence electrons. The first kappa shape index (κ1) is 12.4. The Morgan fingerprint density at radius 2 is 2.00 bits per heavy atom. The van der Waals surface area contributed by atoms with Gasteiger partial charge in [-0.3, -0.25) is 0 Å². The monoisotopic (exact) mass is 182 g/mol. The van der Waals surface area contributed by atoms with Crippen molar-refractivity contribution >= 4 is 0 Å². The molecule has 0 saturated carbocycles. The van der Waals surface area contributed by atoms with Gasteiger partial charge in [0, 0.05) is 0 Å². The highest BCUT2D eigenvalue weighted by atomic mass is 16.3. The summed E-state index contributed by atoms with van der Waals surface area (Å²) in [6, 6.07) is 0. The fourth-order valence-corrected chi connectivity index (χ4v) is 1.45. The van der Waals surface area contributed by atoms with Crippen LogP contribution in [0.15, 0.2) is 24.3 Å². The number of hydrogen-bond donors (Lipinski definition) is 1. The van der Waals surface area contributed by atoms with Gasteiger partial charge in [-0.25, -0.2) is 0 Å². The van der Waals surface area contributed by atoms with Crippen LogP contribution in [0.2, 0.25) is 0 Å². The molecule has 13 heavy (non-hydrogen) atoms. The van der Waals surface area contributed by atoms with E-state index in [1.165, 1.54) is 5.57 Å². The van der Waals surface area contributed by atoms with E-state index in [2.05, 4.69) is 33.4 Å². The average molecular weight is 182 g/mol. The molecule has 0 aromatic rings. The minimum absolute atomic E-state index is 0.224. The average Bonchev–Trinajstić information content (AvgIpc) is 2.11. The van der Waals surface area contributed by atoms with E-state index < -0.39 is 0 Å². The SMILES string of the molecule is C=CC(C=C(C)C)C(C)C(O)CC. The predicted molar refractivity (Wildman–Crippen MR) is 58.6 cm³/mol. The second-order valence-corrected chi connectivity index (χ2v) is 3.89. The Hall–Kier alpha value is -0.560. The van der Waals surface area contributed by atoms with Crippen molar-refractivity contribution in [1.82, 2.24) is 0 Å². The smallest absolute Gasteiger partial charge is 0.0571 e. The highest BCUT2D eigenvalue weighted by molar-refractivity contribution is 5.05. The predicted octanol–water partition coefficient (Wildman–Crippen LogP) is 3.16. The maximum absolute atomic E-state index is 9.66. The summed E-state index contributed by atoms with van der Waals surface area (Å²) in [5.74, 6) is 0.553. The second-order valence-electron chi connectivity index (χ2n) is 3.89. The molecule has 0 amide bonds. The van der Waals surface area contributed by atoms with Crippen LogP contribution in [-0.2, 0) is 0 Å². The fourth-order valence-electron chi connectivity index (χ4n) is 1.45. The second kappa shape index (κ2) is 5.98. The number of aliphatic hydroxyl groups excluding tert-OH is 1. The Labute approximate surface area is 82.2 Å². The van der Waals surface area contributed by atoms with E-state index in [4.69, 9.17) is 0 Å². The molecule has 0 aliphatic heterocycles. The van der Waals surface area contributed by atoms with E-state index in [1.54, 1.807) is 0 Å². The van der Waals surface area contributed by atoms with E-state index in [1.807, 2.05) is 13.0 Å². The van der Waals surface area contributed by atoms with E-state index in [0.29, 0.717) is 5.92 Å². The maximum atomic E-state index is 9.66. The highest BCUT2D eigenvalue weighted by Crippen LogP contribution is 2.21. The minimum atomic E-state index is -0.224. The van der Waals surface area contributed by atoms with Crippen molar-refractivity contribution in [3.63, 3.8) is 0 Å². The summed E-state index contributed by atoms with van der Waals surface area (Å²) in [6.45, 7) is 12.0. The van der Waals surface area contributed by atoms with Gasteiger partial charge in [-0.05, 0) is 32.1 Å². The Kier molecular flexibility index (Phi) is 5.72. The summed E-state index contributed by atoms with van der Waals surface area (Å²) in [5.41, 5.74) is 1.28. The summed E-state index contributed by atoms with van der Waals surface area (Å²) < 4.78 is 0. The molecular weight excluding hydrogens is 160 g/mol. The largest absolute Gasteiger partial charge is 0.393 e. The molecule has 0 spiro atoms. The Balaban J connectivity index is 4.40. The van der Waals surface area contributed by atoms with Gasteiger partial charge in [-0.15, -0.1) is 6.58 Å². The van der Waals surface area contributed by atoms with Crippen LogP contribution < -0.4 is 0 Å². The number of allylic oxidation sites excluding steroid dienone is 3. The topological polar surface area (TPSA) is 20.2 Å². The molecule has 1 heteroatoms. The molecule has 0 saturated heterocycles. The number of rotatable bonds is 5. The Morgan fingerprint density at radius 3 is 2.31 bits per heavy atom. The summed E-state index contributed by atoms with van der Waals surface area (Å²) >= 11 is 0. The lowest BCUT2D eigenvalue weighted by Gasteiger charge is -2.22. The molecule has 1 N–H and O–H groups in total. The molecule has 0 rings (SSSR count). The zero-order valence-electron chi connectivity index (χ0n) is 9.25. The van der Waals surface area contributed by atoms with E-state index in [9.17, 15) is 5.11 Å². The zero-order chi connectivity index (χ0) is 10.4. The van der Waals surface area contributed by atoms with Gasteiger partial charge in [0.2, 0.25) is 0 Å². The van der Waals surface area contributed by atoms with Crippen molar-refractivity contribution in [3.8, 4) is 0 Å². The van der Waals surface area contributed by atoms with Crippen LogP contribution >= 0.6 is 0 Å². The lowest BCUT2D eigenvalue weighted by molar-refractivity contribution is 0.100. The third kappa shape index (κ3) is 4.28. The van der Waals surface area contributed by atoms with Crippen LogP contribution in [0.3, 0.4) is 0 Å². The number of aliphatic hydroxyl groups is 1. The molecule has 0 bridgehead atoms. The Morgan fingerprint density at radius 1 is 1.46 bits per heavy atom. The van der Waals surface area contributed by atoms with E-state index in [-0.39, 0.29) is 12.0 Å². The van der Waals surface area contributed by atoms with Gasteiger partial charge in [-0.2, -0.15) is 0 Å². The molecule has 0 aromatic heterocycles. The lowest BCUT2D eigenvalue weighted by Crippen LogP contribution is -2.22. The van der Waals surface area contributed by atoms with Crippen molar-refractivity contribution in [3.05, 3.63) is 24.3 Å². The number of hydrogen-bond acceptors (Lipinski definition) is 1. The standard InChI is InChI=1S/C12H22O/c1-6-11(8-9(3)4)10(5)12(13)7-2/h6,8,10-13H,1,7H2,2-5H3. The van der Waals surface area contributed by atoms with E-state index >= 15 is 0 Å². The van der Waals surface area contributed by atoms with Crippen LogP contribution in [-0.4, -0.2) is 11.2 Å². The van der Waals surface area contributed by atoms with Crippen LogP contribution in [0.5, 0.6) is 0 Å². The molecule has 3 atom stereocenters. The van der Waals surface area contributed by atoms with Crippen molar-refractivity contribution in [2.45, 2.75) is 40.2 Å². The van der Waals surface area contributed by atoms with Gasteiger partial charge in [0.15, 0.2) is 0 Å². The zero-order valence-corrected chi connectivity index (χ0v) is 9.25. The first-order valence-electron chi connectivity index (χ1n) is 4.98. The van der Waals surface area contributed by atoms with Crippen molar-refractivity contribution in [2.75, 3.05) is 0 Å². The Bertz CT molecular complexity index is 178. The molecule has 0 fully saturated rings. The molecular formula is C12H22O. The minimum Gasteiger partial charge on any atom is -0.393 e. The summed E-state index contributed by atoms with van der Waals surface area (Å²) in [6.07, 6.45) is 4.66. The fraction of sp³-hybridized carbons (Fsp3) is 0.667. The van der Waals surface area contributed by atoms with Crippen LogP contribution in [0, 0.1) is 11.8 Å². The molecule has 0 aromatic carbocycles. The van der Waals surface area contributed by atoms with Gasteiger partial charge < -0.3 is 5.11 Å². The summed E-state index contributed by atoms with van der Waals surface area (Å²) in [5, 5.41) is 9.66. The summed E-state index contributed by atoms with van der Waals surface area (Å²) in [4.78, 5) is 0. The highest BCUT2D eigenvalue weighted by Gasteiger charge is 2.18. The summed E-state index contributed by atoms with van der Waals surface area (Å²) in [7, 11) is 0. The van der Waals surface area contributed by atoms with Crippen LogP contribution in [0.1, 0.15) is 34.1 Å². The maximum Gasteiger partial charge on any atom is 0.0571 e. The molecule has 0 aliphatic carbocycles. The van der Waals surface area contributed by atoms with E-state index in [0.717, 1.165) is 6.42 Å². The normalized spacial score (nSPS) is 17.3. The first-order valence-corrected chi connectivity index (χ1v) is 4.98. The van der Waals surface area contributed by atoms with Gasteiger partial charge in [0.1, 0.15) is 0 Å². The van der Waals surface area contributed by atoms with Crippen molar-refractivity contribution < 1.29 is 5.11 Å². The van der Waals surface area contributed by atoms with Crippen molar-refractivity contribution in [2.24, 2.45) is 11.8 Å². The molecule has 0 aliphatic rings. The van der Waals surface area contributed by atoms with Gasteiger partial charge in [-0.1, -0.05) is 31.6 Å². The quantitative estimate of drug-likeness (QED) is 0.647. The van der Waals surface area contributed by atoms with Crippen molar-refractivity contribution in [1.29, 1.82) is 0 Å². The van der Waals surface area contributed by atoms with Gasteiger partial charge in [0.05, 0.1) is 6.10 Å². The molecule has 0 heterocycles. The third-order valence-electron chi connectivity index (χ3n) is 2.43. The van der Waals surface area contributed by atoms with Gasteiger partial charge in [0.25, 0.3) is 0 Å². The lowest BCUT2D eigenvalue weighted by atomic mass is 9.87. The molecule has 3 unspecified atom stereocenters. The molecule has 1 nitrogen and oxygen atoms in total. The third-order valence-corrected chi connectivity index (χ3v) is 2.43. The first-order chi connectivity index (χ1) is 6.02. The molecule has 0 radical (unpaired) electrons. The van der Waals surface area contributed by atoms with Crippen LogP contribution in [0.4, 0.5) is 0 Å².